The Hall–Kier alpha value is -0.591. The number of hydrogen-bond acceptors (Lipinski definition) is 1. The third-order valence-electron chi connectivity index (χ3n) is 1.71. The van der Waals surface area contributed by atoms with Crippen LogP contribution in [0.1, 0.15) is 19.3 Å². The molecule has 72 valence electrons. The molecule has 1 rings (SSSR count). The van der Waals surface area contributed by atoms with Crippen LogP contribution in [0.25, 0.3) is 0 Å². The van der Waals surface area contributed by atoms with Crippen molar-refractivity contribution in [2.24, 2.45) is 0 Å². The predicted molar refractivity (Wildman–Crippen MR) is 51.1 cm³/mol. The van der Waals surface area contributed by atoms with Gasteiger partial charge in [0.15, 0.2) is 0 Å². The summed E-state index contributed by atoms with van der Waals surface area (Å²) in [4.78, 5) is 11.1. The molecular weight excluding hydrogens is 204 g/mol. The zero-order valence-electron chi connectivity index (χ0n) is 7.61. The maximum absolute atomic E-state index is 11.1. The molecule has 0 amide bonds. The fourth-order valence-electron chi connectivity index (χ4n) is 1.03. The van der Waals surface area contributed by atoms with Crippen LogP contribution in [0.4, 0.5) is 0 Å². The molecule has 0 aromatic carbocycles. The first kappa shape index (κ1) is 10.5. The summed E-state index contributed by atoms with van der Waals surface area (Å²) in [6, 6.07) is 0. The molecule has 0 bridgehead atoms. The van der Waals surface area contributed by atoms with Crippen molar-refractivity contribution in [3.63, 3.8) is 0 Å². The van der Waals surface area contributed by atoms with Crippen LogP contribution in [-0.2, 0) is 19.8 Å². The van der Waals surface area contributed by atoms with Gasteiger partial charge in [0.1, 0.15) is 0 Å². The Morgan fingerprint density at radius 2 is 2.54 bits per heavy atom. The second kappa shape index (κ2) is 5.95. The Morgan fingerprint density at radius 3 is 3.15 bits per heavy atom. The van der Waals surface area contributed by atoms with E-state index in [0.29, 0.717) is 18.6 Å². The van der Waals surface area contributed by atoms with E-state index in [2.05, 4.69) is 24.8 Å². The molecule has 13 heavy (non-hydrogen) atoms. The minimum absolute atomic E-state index is 0.307. The van der Waals surface area contributed by atoms with Crippen LogP contribution >= 0.6 is 0 Å². The van der Waals surface area contributed by atoms with Crippen LogP contribution in [0.5, 0.6) is 0 Å². The zero-order valence-corrected chi connectivity index (χ0v) is 8.71. The average molecular weight is 218 g/mol. The zero-order chi connectivity index (χ0) is 9.52. The fourth-order valence-corrected chi connectivity index (χ4v) is 2.35. The normalized spacial score (nSPS) is 14.6. The summed E-state index contributed by atoms with van der Waals surface area (Å²) in [7, 11) is 0. The molecule has 1 aliphatic rings. The van der Waals surface area contributed by atoms with Gasteiger partial charge in [-0.1, -0.05) is 0 Å². The summed E-state index contributed by atoms with van der Waals surface area (Å²) in [5.41, 5.74) is 0. The van der Waals surface area contributed by atoms with E-state index in [4.69, 9.17) is 0 Å². The molecular formula is C11H14FeO. The van der Waals surface area contributed by atoms with Gasteiger partial charge >= 0.3 is 85.5 Å². The molecule has 0 aromatic rings. The Morgan fingerprint density at radius 1 is 1.69 bits per heavy atom. The van der Waals surface area contributed by atoms with Gasteiger partial charge < -0.3 is 0 Å². The Bertz CT molecular complexity index is 251. The molecule has 0 aliphatic heterocycles. The number of rotatable bonds is 6. The number of ketones is 1. The van der Waals surface area contributed by atoms with E-state index in [-0.39, 0.29) is 0 Å². The maximum atomic E-state index is 11.1. The Labute approximate surface area is 85.8 Å². The molecule has 1 aliphatic carbocycles. The van der Waals surface area contributed by atoms with E-state index in [1.165, 1.54) is 4.47 Å². The molecule has 0 heterocycles. The van der Waals surface area contributed by atoms with Crippen LogP contribution in [-0.4, -0.2) is 5.78 Å². The third kappa shape index (κ3) is 4.25. The molecule has 0 fully saturated rings. The van der Waals surface area contributed by atoms with Crippen LogP contribution in [0.3, 0.4) is 0 Å². The molecule has 1 nitrogen and oxygen atoms in total. The van der Waals surface area contributed by atoms with E-state index in [9.17, 15) is 4.79 Å². The molecule has 0 radical (unpaired) electrons. The van der Waals surface area contributed by atoms with Crippen LogP contribution in [0.15, 0.2) is 35.4 Å². The number of allylic oxidation sites excluding steroid dienone is 5. The van der Waals surface area contributed by atoms with E-state index in [1.807, 2.05) is 0 Å². The van der Waals surface area contributed by atoms with E-state index >= 15 is 0 Å². The number of carbonyl (C=O) groups excluding carboxylic acids is 1. The van der Waals surface area contributed by atoms with Crippen molar-refractivity contribution in [1.29, 1.82) is 0 Å². The minimum atomic E-state index is 0.307. The molecule has 0 atom stereocenters. The molecule has 0 unspecified atom stereocenters. The molecule has 0 spiro atoms. The SMILES string of the molecule is C=CCC(=O)C[CH2][Fe][C]1=CC=CC1. The summed E-state index contributed by atoms with van der Waals surface area (Å²) in [6.07, 6.45) is 10.4. The van der Waals surface area contributed by atoms with Gasteiger partial charge in [0, 0.05) is 0 Å². The van der Waals surface area contributed by atoms with Gasteiger partial charge in [0.2, 0.25) is 0 Å². The second-order valence-electron chi connectivity index (χ2n) is 2.81. The third-order valence-corrected chi connectivity index (χ3v) is 3.17. The molecule has 0 N–H and O–H groups in total. The Balaban J connectivity index is 2.07. The van der Waals surface area contributed by atoms with Crippen LogP contribution in [0, 0.1) is 0 Å². The number of hydrogen-bond donors (Lipinski definition) is 0. The average Bonchev–Trinajstić information content (AvgIpc) is 2.57. The standard InChI is InChI=1S/C6H9O.C5H5.Fe/c1-3-5-6(7)4-2;1-2-4-5-3-1;/h3H,1-2,4-5H2;1-3H,4H2;. The van der Waals surface area contributed by atoms with Gasteiger partial charge in [-0.25, -0.2) is 0 Å². The van der Waals surface area contributed by atoms with Gasteiger partial charge in [-0.15, -0.1) is 0 Å². The first-order valence-electron chi connectivity index (χ1n) is 4.37. The predicted octanol–water partition coefficient (Wildman–Crippen LogP) is 2.87. The van der Waals surface area contributed by atoms with Crippen molar-refractivity contribution < 1.29 is 19.8 Å². The van der Waals surface area contributed by atoms with Crippen molar-refractivity contribution >= 4 is 5.78 Å². The van der Waals surface area contributed by atoms with Crippen molar-refractivity contribution in [3.8, 4) is 0 Å². The summed E-state index contributed by atoms with van der Waals surface area (Å²) >= 11 is 1.07. The first-order valence-corrected chi connectivity index (χ1v) is 5.70. The summed E-state index contributed by atoms with van der Waals surface area (Å²) < 4.78 is 1.45. The topological polar surface area (TPSA) is 17.1 Å². The van der Waals surface area contributed by atoms with Crippen LogP contribution in [0.2, 0.25) is 5.32 Å². The van der Waals surface area contributed by atoms with Gasteiger partial charge in [-0.05, 0) is 0 Å². The summed E-state index contributed by atoms with van der Waals surface area (Å²) in [5, 5.41) is 0.986. The first-order chi connectivity index (χ1) is 6.33. The number of Topliss-reactive ketones (excluding diaryl/α,β-unsaturated/α-hetero) is 1. The quantitative estimate of drug-likeness (QED) is 0.494. The van der Waals surface area contributed by atoms with E-state index in [0.717, 1.165) is 26.7 Å². The van der Waals surface area contributed by atoms with Crippen LogP contribution < -0.4 is 0 Å². The van der Waals surface area contributed by atoms with Gasteiger partial charge in [-0.2, -0.15) is 0 Å². The monoisotopic (exact) mass is 218 g/mol. The van der Waals surface area contributed by atoms with Gasteiger partial charge in [0.05, 0.1) is 0 Å². The summed E-state index contributed by atoms with van der Waals surface area (Å²) in [6.45, 7) is 3.54. The fraction of sp³-hybridized carbons (Fsp3) is 0.364. The van der Waals surface area contributed by atoms with Crippen molar-refractivity contribution in [3.05, 3.63) is 35.4 Å². The number of carbonyl (C=O) groups is 1. The molecule has 0 aromatic heterocycles. The van der Waals surface area contributed by atoms with Crippen molar-refractivity contribution in [2.75, 3.05) is 0 Å². The molecule has 0 saturated carbocycles. The molecule has 0 saturated heterocycles. The van der Waals surface area contributed by atoms with Gasteiger partial charge in [-0.3, -0.25) is 0 Å². The second-order valence-corrected chi connectivity index (χ2v) is 4.46. The van der Waals surface area contributed by atoms with Crippen molar-refractivity contribution in [1.82, 2.24) is 0 Å². The van der Waals surface area contributed by atoms with Gasteiger partial charge in [0.25, 0.3) is 0 Å². The van der Waals surface area contributed by atoms with Crippen molar-refractivity contribution in [2.45, 2.75) is 24.6 Å². The van der Waals surface area contributed by atoms with E-state index in [1.54, 1.807) is 6.08 Å². The molecule has 2 heteroatoms. The Kier molecular flexibility index (Phi) is 4.80. The summed E-state index contributed by atoms with van der Waals surface area (Å²) in [5.74, 6) is 0.307. The van der Waals surface area contributed by atoms with E-state index < -0.39 is 0 Å².